The first-order chi connectivity index (χ1) is 10.8. The van der Waals surface area contributed by atoms with Crippen molar-refractivity contribution in [1.82, 2.24) is 10.6 Å². The summed E-state index contributed by atoms with van der Waals surface area (Å²) in [6.07, 6.45) is 2.64. The van der Waals surface area contributed by atoms with Gasteiger partial charge in [0, 0.05) is 32.7 Å². The summed E-state index contributed by atoms with van der Waals surface area (Å²) in [5.41, 5.74) is 1.13. The number of aliphatic hydroxyl groups is 1. The van der Waals surface area contributed by atoms with Crippen molar-refractivity contribution in [3.05, 3.63) is 35.9 Å². The van der Waals surface area contributed by atoms with Gasteiger partial charge < -0.3 is 20.5 Å². The average molecular weight is 305 g/mol. The predicted octanol–water partition coefficient (Wildman–Crippen LogP) is 1.35. The highest BCUT2D eigenvalue weighted by atomic mass is 16.5. The third-order valence-corrected chi connectivity index (χ3v) is 3.82. The molecule has 1 aromatic carbocycles. The fourth-order valence-corrected chi connectivity index (χ4v) is 2.23. The first kappa shape index (κ1) is 16.8. The van der Waals surface area contributed by atoms with E-state index >= 15 is 0 Å². The van der Waals surface area contributed by atoms with E-state index in [1.165, 1.54) is 12.8 Å². The molecule has 2 rings (SSSR count). The number of benzene rings is 1. The number of hydrogen-bond donors (Lipinski definition) is 3. The van der Waals surface area contributed by atoms with Gasteiger partial charge in [0.15, 0.2) is 5.96 Å². The van der Waals surface area contributed by atoms with Gasteiger partial charge in [-0.3, -0.25) is 4.99 Å². The van der Waals surface area contributed by atoms with Crippen molar-refractivity contribution in [3.8, 4) is 0 Å². The Morgan fingerprint density at radius 2 is 2.09 bits per heavy atom. The Morgan fingerprint density at radius 1 is 1.32 bits per heavy atom. The molecule has 122 valence electrons. The summed E-state index contributed by atoms with van der Waals surface area (Å²) in [4.78, 5) is 4.19. The molecule has 1 fully saturated rings. The van der Waals surface area contributed by atoms with E-state index in [0.717, 1.165) is 30.6 Å². The van der Waals surface area contributed by atoms with Gasteiger partial charge in [-0.2, -0.15) is 0 Å². The molecule has 0 spiro atoms. The molecule has 0 bridgehead atoms. The van der Waals surface area contributed by atoms with Crippen LogP contribution in [0.5, 0.6) is 0 Å². The minimum Gasteiger partial charge on any atom is -0.396 e. The molecular weight excluding hydrogens is 278 g/mol. The Bertz CT molecular complexity index is 446. The standard InChI is InChI=1S/C17H27N3O2/c1-18-17(19-9-10-22-13-14-7-8-14)20-11-16(12-21)15-5-3-2-4-6-15/h2-6,14,16,21H,7-13H2,1H3,(H2,18,19,20). The highest BCUT2D eigenvalue weighted by molar-refractivity contribution is 5.79. The zero-order valence-electron chi connectivity index (χ0n) is 13.3. The molecule has 1 aromatic rings. The SMILES string of the molecule is CN=C(NCCOCC1CC1)NCC(CO)c1ccccc1. The number of guanidine groups is 1. The Hall–Kier alpha value is -1.59. The summed E-state index contributed by atoms with van der Waals surface area (Å²) in [5, 5.41) is 16.0. The van der Waals surface area contributed by atoms with Crippen LogP contribution in [-0.4, -0.2) is 51.0 Å². The van der Waals surface area contributed by atoms with Gasteiger partial charge in [0.25, 0.3) is 0 Å². The lowest BCUT2D eigenvalue weighted by Gasteiger charge is -2.18. The third kappa shape index (κ3) is 6.03. The minimum absolute atomic E-state index is 0.0610. The van der Waals surface area contributed by atoms with E-state index in [2.05, 4.69) is 15.6 Å². The van der Waals surface area contributed by atoms with Gasteiger partial charge in [0.2, 0.25) is 0 Å². The minimum atomic E-state index is 0.0610. The number of aliphatic imine (C=N–C) groups is 1. The molecule has 0 aliphatic heterocycles. The summed E-state index contributed by atoms with van der Waals surface area (Å²) in [6, 6.07) is 10.0. The first-order valence-corrected chi connectivity index (χ1v) is 8.01. The van der Waals surface area contributed by atoms with Crippen LogP contribution >= 0.6 is 0 Å². The third-order valence-electron chi connectivity index (χ3n) is 3.82. The number of rotatable bonds is 9. The molecule has 0 amide bonds. The summed E-state index contributed by atoms with van der Waals surface area (Å²) in [7, 11) is 1.75. The van der Waals surface area contributed by atoms with Crippen LogP contribution in [0, 0.1) is 5.92 Å². The van der Waals surface area contributed by atoms with Crippen LogP contribution in [-0.2, 0) is 4.74 Å². The van der Waals surface area contributed by atoms with Crippen LogP contribution in [0.1, 0.15) is 24.3 Å². The van der Waals surface area contributed by atoms with Crippen LogP contribution in [0.25, 0.3) is 0 Å². The molecule has 22 heavy (non-hydrogen) atoms. The molecule has 5 heteroatoms. The maximum Gasteiger partial charge on any atom is 0.191 e. The number of aliphatic hydroxyl groups excluding tert-OH is 1. The van der Waals surface area contributed by atoms with Gasteiger partial charge in [-0.1, -0.05) is 30.3 Å². The number of ether oxygens (including phenoxy) is 1. The Labute approximate surface area is 132 Å². The second kappa shape index (κ2) is 9.43. The van der Waals surface area contributed by atoms with Crippen molar-refractivity contribution in [2.75, 3.05) is 40.0 Å². The maximum absolute atomic E-state index is 9.55. The van der Waals surface area contributed by atoms with Crippen molar-refractivity contribution in [2.45, 2.75) is 18.8 Å². The quantitative estimate of drug-likeness (QED) is 0.366. The maximum atomic E-state index is 9.55. The van der Waals surface area contributed by atoms with Gasteiger partial charge in [-0.15, -0.1) is 0 Å². The summed E-state index contributed by atoms with van der Waals surface area (Å²) in [6.45, 7) is 3.07. The largest absolute Gasteiger partial charge is 0.396 e. The second-order valence-corrected chi connectivity index (χ2v) is 5.69. The average Bonchev–Trinajstić information content (AvgIpc) is 3.38. The van der Waals surface area contributed by atoms with Gasteiger partial charge >= 0.3 is 0 Å². The van der Waals surface area contributed by atoms with Gasteiger partial charge in [0.05, 0.1) is 13.2 Å². The molecule has 5 nitrogen and oxygen atoms in total. The lowest BCUT2D eigenvalue weighted by atomic mass is 10.0. The molecule has 0 saturated heterocycles. The lowest BCUT2D eigenvalue weighted by Crippen LogP contribution is -2.41. The van der Waals surface area contributed by atoms with E-state index < -0.39 is 0 Å². The van der Waals surface area contributed by atoms with E-state index in [-0.39, 0.29) is 12.5 Å². The van der Waals surface area contributed by atoms with Crippen LogP contribution in [0.4, 0.5) is 0 Å². The van der Waals surface area contributed by atoms with Crippen LogP contribution in [0.2, 0.25) is 0 Å². The van der Waals surface area contributed by atoms with Crippen molar-refractivity contribution >= 4 is 5.96 Å². The van der Waals surface area contributed by atoms with Crippen LogP contribution in [0.15, 0.2) is 35.3 Å². The normalized spacial score (nSPS) is 16.4. The molecule has 0 radical (unpaired) electrons. The highest BCUT2D eigenvalue weighted by Gasteiger charge is 2.20. The van der Waals surface area contributed by atoms with Gasteiger partial charge in [-0.25, -0.2) is 0 Å². The molecule has 1 unspecified atom stereocenters. The molecule has 3 N–H and O–H groups in total. The summed E-state index contributed by atoms with van der Waals surface area (Å²) >= 11 is 0. The Kier molecular flexibility index (Phi) is 7.19. The van der Waals surface area contributed by atoms with Gasteiger partial charge in [-0.05, 0) is 24.3 Å². The van der Waals surface area contributed by atoms with E-state index in [4.69, 9.17) is 4.74 Å². The van der Waals surface area contributed by atoms with Crippen LogP contribution < -0.4 is 10.6 Å². The zero-order chi connectivity index (χ0) is 15.6. The molecule has 1 aliphatic carbocycles. The monoisotopic (exact) mass is 305 g/mol. The predicted molar refractivity (Wildman–Crippen MR) is 89.2 cm³/mol. The molecule has 1 atom stereocenters. The molecule has 1 saturated carbocycles. The Morgan fingerprint density at radius 3 is 2.73 bits per heavy atom. The first-order valence-electron chi connectivity index (χ1n) is 8.01. The smallest absolute Gasteiger partial charge is 0.191 e. The fraction of sp³-hybridized carbons (Fsp3) is 0.588. The van der Waals surface area contributed by atoms with Crippen molar-refractivity contribution < 1.29 is 9.84 Å². The molecular formula is C17H27N3O2. The van der Waals surface area contributed by atoms with E-state index in [1.807, 2.05) is 30.3 Å². The van der Waals surface area contributed by atoms with Gasteiger partial charge in [0.1, 0.15) is 0 Å². The lowest BCUT2D eigenvalue weighted by molar-refractivity contribution is 0.129. The summed E-state index contributed by atoms with van der Waals surface area (Å²) < 4.78 is 5.58. The van der Waals surface area contributed by atoms with E-state index in [0.29, 0.717) is 13.2 Å². The van der Waals surface area contributed by atoms with Crippen molar-refractivity contribution in [3.63, 3.8) is 0 Å². The fourth-order valence-electron chi connectivity index (χ4n) is 2.23. The Balaban J connectivity index is 1.65. The number of nitrogens with zero attached hydrogens (tertiary/aromatic N) is 1. The molecule has 0 heterocycles. The van der Waals surface area contributed by atoms with E-state index in [1.54, 1.807) is 7.05 Å². The summed E-state index contributed by atoms with van der Waals surface area (Å²) in [5.74, 6) is 1.60. The van der Waals surface area contributed by atoms with Crippen molar-refractivity contribution in [2.24, 2.45) is 10.9 Å². The highest BCUT2D eigenvalue weighted by Crippen LogP contribution is 2.28. The van der Waals surface area contributed by atoms with Crippen LogP contribution in [0.3, 0.4) is 0 Å². The number of nitrogens with one attached hydrogen (secondary N) is 2. The van der Waals surface area contributed by atoms with Crippen molar-refractivity contribution in [1.29, 1.82) is 0 Å². The topological polar surface area (TPSA) is 65.9 Å². The van der Waals surface area contributed by atoms with E-state index in [9.17, 15) is 5.11 Å². The zero-order valence-corrected chi connectivity index (χ0v) is 13.3. The molecule has 1 aliphatic rings. The second-order valence-electron chi connectivity index (χ2n) is 5.69. The number of hydrogen-bond acceptors (Lipinski definition) is 3. The molecule has 0 aromatic heterocycles.